The van der Waals surface area contributed by atoms with E-state index < -0.39 is 0 Å². The quantitative estimate of drug-likeness (QED) is 0.423. The summed E-state index contributed by atoms with van der Waals surface area (Å²) in [6, 6.07) is 28.5. The number of aromatic amines is 1. The molecular weight excluding hydrogens is 376 g/mol. The first kappa shape index (κ1) is 19.5. The molecule has 0 aliphatic heterocycles. The second kappa shape index (κ2) is 9.58. The highest BCUT2D eigenvalue weighted by molar-refractivity contribution is 6.03. The van der Waals surface area contributed by atoms with Gasteiger partial charge in [-0.3, -0.25) is 10.1 Å². The van der Waals surface area contributed by atoms with Crippen molar-refractivity contribution in [2.45, 2.75) is 12.5 Å². The van der Waals surface area contributed by atoms with E-state index in [1.54, 1.807) is 12.1 Å². The van der Waals surface area contributed by atoms with E-state index in [4.69, 9.17) is 0 Å². The number of hydrogen-bond acceptors (Lipinski definition) is 5. The van der Waals surface area contributed by atoms with E-state index in [0.29, 0.717) is 12.1 Å². The monoisotopic (exact) mass is 398 g/mol. The van der Waals surface area contributed by atoms with Gasteiger partial charge in [0, 0.05) is 24.6 Å². The number of rotatable bonds is 8. The molecule has 1 amide bonds. The van der Waals surface area contributed by atoms with Crippen molar-refractivity contribution in [3.63, 3.8) is 0 Å². The molecule has 0 fully saturated rings. The van der Waals surface area contributed by atoms with E-state index in [-0.39, 0.29) is 17.8 Å². The molecule has 7 nitrogen and oxygen atoms in total. The van der Waals surface area contributed by atoms with Crippen molar-refractivity contribution in [2.75, 3.05) is 11.9 Å². The summed E-state index contributed by atoms with van der Waals surface area (Å²) in [6.07, 6.45) is 0. The summed E-state index contributed by atoms with van der Waals surface area (Å²) in [4.78, 5) is 12.2. The Morgan fingerprint density at radius 2 is 1.50 bits per heavy atom. The Kier molecular flexibility index (Phi) is 6.22. The first-order valence-corrected chi connectivity index (χ1v) is 9.74. The number of anilines is 1. The van der Waals surface area contributed by atoms with Crippen LogP contribution < -0.4 is 10.6 Å². The summed E-state index contributed by atoms with van der Waals surface area (Å²) in [5.41, 5.74) is 4.20. The summed E-state index contributed by atoms with van der Waals surface area (Å²) in [5, 5.41) is 19.3. The van der Waals surface area contributed by atoms with Crippen LogP contribution in [0.15, 0.2) is 84.9 Å². The van der Waals surface area contributed by atoms with Crippen LogP contribution in [-0.4, -0.2) is 33.1 Å². The van der Waals surface area contributed by atoms with E-state index in [1.165, 1.54) is 11.1 Å². The predicted molar refractivity (Wildman–Crippen MR) is 115 cm³/mol. The van der Waals surface area contributed by atoms with Gasteiger partial charge in [0.2, 0.25) is 0 Å². The van der Waals surface area contributed by atoms with Gasteiger partial charge in [0.25, 0.3) is 11.9 Å². The molecule has 3 aromatic carbocycles. The fraction of sp³-hybridized carbons (Fsp3) is 0.130. The van der Waals surface area contributed by atoms with Crippen molar-refractivity contribution >= 4 is 11.9 Å². The van der Waals surface area contributed by atoms with Crippen LogP contribution in [0.4, 0.5) is 5.95 Å². The zero-order valence-corrected chi connectivity index (χ0v) is 16.3. The number of amides is 1. The maximum absolute atomic E-state index is 12.2. The molecule has 1 heterocycles. The second-order valence-electron chi connectivity index (χ2n) is 6.89. The predicted octanol–water partition coefficient (Wildman–Crippen LogP) is 3.37. The van der Waals surface area contributed by atoms with Crippen molar-refractivity contribution in [3.8, 4) is 0 Å². The molecule has 0 saturated heterocycles. The van der Waals surface area contributed by atoms with Crippen molar-refractivity contribution in [2.24, 2.45) is 0 Å². The first-order valence-electron chi connectivity index (χ1n) is 9.74. The van der Waals surface area contributed by atoms with Crippen LogP contribution in [0.25, 0.3) is 0 Å². The summed E-state index contributed by atoms with van der Waals surface area (Å²) in [6.45, 7) is 1.52. The number of carbonyl (C=O) groups is 1. The third-order valence-corrected chi connectivity index (χ3v) is 4.87. The van der Waals surface area contributed by atoms with Gasteiger partial charge in [-0.05, 0) is 34.0 Å². The molecule has 1 aromatic heterocycles. The summed E-state index contributed by atoms with van der Waals surface area (Å²) in [7, 11) is 0. The number of carbonyl (C=O) groups excluding carboxylic acids is 1. The smallest absolute Gasteiger partial charge is 0.270 e. The average Bonchev–Trinajstić information content (AvgIpc) is 3.31. The van der Waals surface area contributed by atoms with Crippen LogP contribution in [0.3, 0.4) is 0 Å². The van der Waals surface area contributed by atoms with Gasteiger partial charge in [-0.15, -0.1) is 5.10 Å². The van der Waals surface area contributed by atoms with Crippen LogP contribution in [0.2, 0.25) is 0 Å². The Labute approximate surface area is 174 Å². The summed E-state index contributed by atoms with van der Waals surface area (Å²) < 4.78 is 0. The molecule has 0 aliphatic rings. The van der Waals surface area contributed by atoms with Crippen molar-refractivity contribution in [1.29, 1.82) is 0 Å². The lowest BCUT2D eigenvalue weighted by molar-refractivity contribution is 0.102. The lowest BCUT2D eigenvalue weighted by Gasteiger charge is -2.19. The maximum Gasteiger partial charge on any atom is 0.270 e. The molecule has 7 heteroatoms. The van der Waals surface area contributed by atoms with E-state index in [9.17, 15) is 4.79 Å². The highest BCUT2D eigenvalue weighted by Gasteiger charge is 2.13. The average molecular weight is 398 g/mol. The van der Waals surface area contributed by atoms with Crippen LogP contribution in [0.5, 0.6) is 0 Å². The largest absolute Gasteiger partial charge is 0.312 e. The Bertz CT molecular complexity index is 1010. The van der Waals surface area contributed by atoms with Gasteiger partial charge in [0.05, 0.1) is 0 Å². The molecule has 0 bridgehead atoms. The zero-order chi connectivity index (χ0) is 20.6. The van der Waals surface area contributed by atoms with Crippen molar-refractivity contribution in [1.82, 2.24) is 25.9 Å². The molecule has 3 N–H and O–H groups in total. The van der Waals surface area contributed by atoms with Crippen LogP contribution >= 0.6 is 0 Å². The molecule has 150 valence electrons. The van der Waals surface area contributed by atoms with Gasteiger partial charge in [-0.2, -0.15) is 5.21 Å². The molecule has 0 unspecified atom stereocenters. The minimum atomic E-state index is -0.274. The van der Waals surface area contributed by atoms with Gasteiger partial charge in [-0.1, -0.05) is 77.9 Å². The molecule has 4 aromatic rings. The normalized spacial score (nSPS) is 10.8. The third-order valence-electron chi connectivity index (χ3n) is 4.87. The number of benzene rings is 3. The number of nitrogens with zero attached hydrogens (tertiary/aromatic N) is 3. The number of nitrogens with one attached hydrogen (secondary N) is 3. The number of H-pyrrole nitrogens is 1. The zero-order valence-electron chi connectivity index (χ0n) is 16.3. The molecule has 0 aliphatic carbocycles. The number of hydrogen-bond donors (Lipinski definition) is 3. The summed E-state index contributed by atoms with van der Waals surface area (Å²) in [5.74, 6) is 0.148. The van der Waals surface area contributed by atoms with Crippen molar-refractivity contribution in [3.05, 3.63) is 107 Å². The molecule has 0 atom stereocenters. The van der Waals surface area contributed by atoms with Crippen LogP contribution in [-0.2, 0) is 6.54 Å². The first-order chi connectivity index (χ1) is 14.8. The standard InChI is InChI=1S/C23H22N6O/c30-22(25-23-26-28-29-27-23)20-13-11-17(12-14-20)15-24-16-21(18-7-3-1-4-8-18)19-9-5-2-6-10-19/h1-14,21,24H,15-16H2,(H2,25,26,27,28,29,30). The highest BCUT2D eigenvalue weighted by atomic mass is 16.1. The van der Waals surface area contributed by atoms with E-state index >= 15 is 0 Å². The SMILES string of the molecule is O=C(Nc1nn[nH]n1)c1ccc(CNCC(c2ccccc2)c2ccccc2)cc1. The van der Waals surface area contributed by atoms with E-state index in [1.807, 2.05) is 24.3 Å². The van der Waals surface area contributed by atoms with Gasteiger partial charge < -0.3 is 5.32 Å². The Balaban J connectivity index is 1.37. The van der Waals surface area contributed by atoms with E-state index in [2.05, 4.69) is 79.8 Å². The van der Waals surface area contributed by atoms with Crippen LogP contribution in [0, 0.1) is 0 Å². The second-order valence-corrected chi connectivity index (χ2v) is 6.89. The minimum absolute atomic E-state index is 0.151. The van der Waals surface area contributed by atoms with Crippen molar-refractivity contribution < 1.29 is 4.79 Å². The molecule has 0 radical (unpaired) electrons. The molecule has 0 saturated carbocycles. The maximum atomic E-state index is 12.2. The number of tetrazole rings is 1. The molecule has 4 rings (SSSR count). The Morgan fingerprint density at radius 1 is 0.867 bits per heavy atom. The minimum Gasteiger partial charge on any atom is -0.312 e. The van der Waals surface area contributed by atoms with Gasteiger partial charge in [0.1, 0.15) is 0 Å². The van der Waals surface area contributed by atoms with Gasteiger partial charge in [0.15, 0.2) is 0 Å². The molecule has 30 heavy (non-hydrogen) atoms. The highest BCUT2D eigenvalue weighted by Crippen LogP contribution is 2.23. The Morgan fingerprint density at radius 3 is 2.07 bits per heavy atom. The lowest BCUT2D eigenvalue weighted by Crippen LogP contribution is -2.22. The Hall–Kier alpha value is -3.84. The van der Waals surface area contributed by atoms with Gasteiger partial charge >= 0.3 is 0 Å². The fourth-order valence-electron chi connectivity index (χ4n) is 3.32. The van der Waals surface area contributed by atoms with E-state index in [0.717, 1.165) is 12.1 Å². The number of aromatic nitrogens is 4. The third kappa shape index (κ3) is 4.95. The lowest BCUT2D eigenvalue weighted by atomic mass is 9.91. The topological polar surface area (TPSA) is 95.6 Å². The van der Waals surface area contributed by atoms with Gasteiger partial charge in [-0.25, -0.2) is 0 Å². The summed E-state index contributed by atoms with van der Waals surface area (Å²) >= 11 is 0. The fourth-order valence-corrected chi connectivity index (χ4v) is 3.32. The van der Waals surface area contributed by atoms with Crippen LogP contribution in [0.1, 0.15) is 33.0 Å². The molecule has 0 spiro atoms. The molecular formula is C23H22N6O.